The molecule has 1 fully saturated rings. The second kappa shape index (κ2) is 9.59. The first-order chi connectivity index (χ1) is 12.1. The normalized spacial score (nSPS) is 20.1. The largest absolute Gasteiger partial charge is 0.356 e. The first kappa shape index (κ1) is 19.5. The molecule has 25 heavy (non-hydrogen) atoms. The van der Waals surface area contributed by atoms with Crippen LogP contribution in [0.3, 0.4) is 0 Å². The summed E-state index contributed by atoms with van der Waals surface area (Å²) in [7, 11) is 0. The Labute approximate surface area is 151 Å². The van der Waals surface area contributed by atoms with E-state index in [2.05, 4.69) is 49.6 Å². The number of anilines is 1. The molecule has 4 nitrogen and oxygen atoms in total. The van der Waals surface area contributed by atoms with Crippen LogP contribution in [-0.4, -0.2) is 18.4 Å². The van der Waals surface area contributed by atoms with E-state index in [9.17, 15) is 9.59 Å². The van der Waals surface area contributed by atoms with Crippen LogP contribution in [0.5, 0.6) is 0 Å². The minimum Gasteiger partial charge on any atom is -0.356 e. The summed E-state index contributed by atoms with van der Waals surface area (Å²) in [6.07, 6.45) is 5.99. The van der Waals surface area contributed by atoms with Gasteiger partial charge in [0.2, 0.25) is 11.8 Å². The van der Waals surface area contributed by atoms with Crippen LogP contribution < -0.4 is 10.6 Å². The molecule has 1 aliphatic rings. The third kappa shape index (κ3) is 5.07. The van der Waals surface area contributed by atoms with E-state index in [0.29, 0.717) is 0 Å². The fourth-order valence-electron chi connectivity index (χ4n) is 3.64. The summed E-state index contributed by atoms with van der Waals surface area (Å²) in [5.41, 5.74) is 3.39. The highest BCUT2D eigenvalue weighted by Crippen LogP contribution is 2.31. The van der Waals surface area contributed by atoms with E-state index in [4.69, 9.17) is 0 Å². The molecule has 4 heteroatoms. The van der Waals surface area contributed by atoms with Crippen LogP contribution in [0.4, 0.5) is 5.69 Å². The average Bonchev–Trinajstić information content (AvgIpc) is 2.66. The summed E-state index contributed by atoms with van der Waals surface area (Å²) < 4.78 is 0. The molecule has 1 aliphatic carbocycles. The molecule has 138 valence electrons. The molecule has 0 bridgehead atoms. The van der Waals surface area contributed by atoms with Crippen molar-refractivity contribution in [3.05, 3.63) is 29.3 Å². The minimum atomic E-state index is 0.0184. The van der Waals surface area contributed by atoms with Gasteiger partial charge in [-0.05, 0) is 56.1 Å². The maximum Gasteiger partial charge on any atom is 0.227 e. The van der Waals surface area contributed by atoms with E-state index in [1.807, 2.05) is 0 Å². The number of benzene rings is 1. The van der Waals surface area contributed by atoms with Gasteiger partial charge in [-0.1, -0.05) is 39.0 Å². The Hall–Kier alpha value is -1.84. The van der Waals surface area contributed by atoms with Gasteiger partial charge in [-0.25, -0.2) is 0 Å². The first-order valence-corrected chi connectivity index (χ1v) is 9.79. The summed E-state index contributed by atoms with van der Waals surface area (Å²) in [4.78, 5) is 24.8. The third-order valence-corrected chi connectivity index (χ3v) is 5.27. The van der Waals surface area contributed by atoms with E-state index in [1.165, 1.54) is 11.1 Å². The zero-order valence-electron chi connectivity index (χ0n) is 15.9. The van der Waals surface area contributed by atoms with Gasteiger partial charge in [0.25, 0.3) is 0 Å². The molecule has 2 amide bonds. The predicted molar refractivity (Wildman–Crippen MR) is 103 cm³/mol. The van der Waals surface area contributed by atoms with Gasteiger partial charge < -0.3 is 10.6 Å². The third-order valence-electron chi connectivity index (χ3n) is 5.27. The lowest BCUT2D eigenvalue weighted by atomic mass is 9.81. The standard InChI is InChI=1S/C21H32N2O2/c1-4-14-22-20(24)17-10-12-18(13-11-17)21(25)23-19-15(5-2)8-7-9-16(19)6-3/h7-9,17-18H,4-6,10-14H2,1-3H3,(H,22,24)(H,23,25). The number of rotatable bonds is 7. The van der Waals surface area contributed by atoms with Gasteiger partial charge in [0.05, 0.1) is 0 Å². The number of carbonyl (C=O) groups excluding carboxylic acids is 2. The molecule has 2 rings (SSSR count). The van der Waals surface area contributed by atoms with E-state index in [0.717, 1.165) is 57.2 Å². The Morgan fingerprint density at radius 3 is 1.92 bits per heavy atom. The summed E-state index contributed by atoms with van der Waals surface area (Å²) in [6.45, 7) is 7.03. The molecular formula is C21H32N2O2. The molecule has 0 atom stereocenters. The molecule has 0 spiro atoms. The van der Waals surface area contributed by atoms with Crippen molar-refractivity contribution in [2.24, 2.45) is 11.8 Å². The zero-order chi connectivity index (χ0) is 18.2. The van der Waals surface area contributed by atoms with E-state index in [-0.39, 0.29) is 23.7 Å². The van der Waals surface area contributed by atoms with Crippen molar-refractivity contribution < 1.29 is 9.59 Å². The molecule has 1 aromatic carbocycles. The van der Waals surface area contributed by atoms with E-state index in [1.54, 1.807) is 0 Å². The van der Waals surface area contributed by atoms with Gasteiger partial charge >= 0.3 is 0 Å². The Morgan fingerprint density at radius 2 is 1.44 bits per heavy atom. The first-order valence-electron chi connectivity index (χ1n) is 9.79. The fraction of sp³-hybridized carbons (Fsp3) is 0.619. The fourth-order valence-corrected chi connectivity index (χ4v) is 3.64. The van der Waals surface area contributed by atoms with Crippen LogP contribution in [0.1, 0.15) is 64.0 Å². The van der Waals surface area contributed by atoms with Crippen molar-refractivity contribution in [3.8, 4) is 0 Å². The van der Waals surface area contributed by atoms with Gasteiger partial charge in [-0.2, -0.15) is 0 Å². The Bertz CT molecular complexity index is 567. The molecule has 0 unspecified atom stereocenters. The van der Waals surface area contributed by atoms with Gasteiger partial charge in [0, 0.05) is 24.1 Å². The molecule has 0 saturated heterocycles. The van der Waals surface area contributed by atoms with Crippen LogP contribution >= 0.6 is 0 Å². The summed E-state index contributed by atoms with van der Waals surface area (Å²) >= 11 is 0. The quantitative estimate of drug-likeness (QED) is 0.783. The van der Waals surface area contributed by atoms with Crippen molar-refractivity contribution in [1.82, 2.24) is 5.32 Å². The highest BCUT2D eigenvalue weighted by molar-refractivity contribution is 5.94. The second-order valence-electron chi connectivity index (χ2n) is 6.99. The molecule has 0 aliphatic heterocycles. The summed E-state index contributed by atoms with van der Waals surface area (Å²) in [6, 6.07) is 6.24. The number of aryl methyl sites for hydroxylation is 2. The maximum absolute atomic E-state index is 12.7. The minimum absolute atomic E-state index is 0.0184. The number of amides is 2. The number of hydrogen-bond donors (Lipinski definition) is 2. The number of para-hydroxylation sites is 1. The van der Waals surface area contributed by atoms with Crippen molar-refractivity contribution in [2.75, 3.05) is 11.9 Å². The lowest BCUT2D eigenvalue weighted by Crippen LogP contribution is -2.35. The Balaban J connectivity index is 1.94. The van der Waals surface area contributed by atoms with Crippen molar-refractivity contribution in [2.45, 2.75) is 65.7 Å². The molecule has 0 aromatic heterocycles. The molecule has 0 heterocycles. The molecule has 0 radical (unpaired) electrons. The number of hydrogen-bond acceptors (Lipinski definition) is 2. The van der Waals surface area contributed by atoms with Crippen LogP contribution in [0, 0.1) is 11.8 Å². The lowest BCUT2D eigenvalue weighted by Gasteiger charge is -2.27. The van der Waals surface area contributed by atoms with Crippen LogP contribution in [0.15, 0.2) is 18.2 Å². The SMILES string of the molecule is CCCNC(=O)C1CCC(C(=O)Nc2c(CC)cccc2CC)CC1. The van der Waals surface area contributed by atoms with E-state index >= 15 is 0 Å². The summed E-state index contributed by atoms with van der Waals surface area (Å²) in [5, 5.41) is 6.17. The monoisotopic (exact) mass is 344 g/mol. The highest BCUT2D eigenvalue weighted by atomic mass is 16.2. The number of nitrogens with one attached hydrogen (secondary N) is 2. The smallest absolute Gasteiger partial charge is 0.227 e. The Morgan fingerprint density at radius 1 is 0.920 bits per heavy atom. The van der Waals surface area contributed by atoms with Crippen LogP contribution in [-0.2, 0) is 22.4 Å². The van der Waals surface area contributed by atoms with Crippen molar-refractivity contribution in [3.63, 3.8) is 0 Å². The molecule has 1 saturated carbocycles. The molecule has 2 N–H and O–H groups in total. The van der Waals surface area contributed by atoms with Crippen molar-refractivity contribution in [1.29, 1.82) is 0 Å². The maximum atomic E-state index is 12.7. The van der Waals surface area contributed by atoms with Gasteiger partial charge in [0.1, 0.15) is 0 Å². The van der Waals surface area contributed by atoms with Gasteiger partial charge in [-0.3, -0.25) is 9.59 Å². The Kier molecular flexibility index (Phi) is 7.48. The zero-order valence-corrected chi connectivity index (χ0v) is 15.9. The average molecular weight is 344 g/mol. The number of carbonyl (C=O) groups is 2. The molecule has 1 aromatic rings. The lowest BCUT2D eigenvalue weighted by molar-refractivity contribution is -0.128. The van der Waals surface area contributed by atoms with Crippen molar-refractivity contribution >= 4 is 17.5 Å². The van der Waals surface area contributed by atoms with Gasteiger partial charge in [-0.15, -0.1) is 0 Å². The topological polar surface area (TPSA) is 58.2 Å². The molecular weight excluding hydrogens is 312 g/mol. The second-order valence-corrected chi connectivity index (χ2v) is 6.99. The van der Waals surface area contributed by atoms with E-state index < -0.39 is 0 Å². The van der Waals surface area contributed by atoms with Gasteiger partial charge in [0.15, 0.2) is 0 Å². The highest BCUT2D eigenvalue weighted by Gasteiger charge is 2.30. The van der Waals surface area contributed by atoms with Crippen LogP contribution in [0.25, 0.3) is 0 Å². The summed E-state index contributed by atoms with van der Waals surface area (Å²) in [5.74, 6) is 0.364. The van der Waals surface area contributed by atoms with Crippen LogP contribution in [0.2, 0.25) is 0 Å². The predicted octanol–water partition coefficient (Wildman–Crippen LogP) is 4.08.